The number of hydrogen-bond acceptors (Lipinski definition) is 12. The van der Waals surface area contributed by atoms with Crippen LogP contribution in [-0.4, -0.2) is 91.4 Å². The van der Waals surface area contributed by atoms with Gasteiger partial charge in [-0.3, -0.25) is 9.59 Å². The molecule has 2 heterocycles. The van der Waals surface area contributed by atoms with Gasteiger partial charge in [0.2, 0.25) is 10.0 Å². The number of carbonyl (C=O) groups is 3. The Hall–Kier alpha value is -4.85. The number of piperidine rings is 2. The van der Waals surface area contributed by atoms with Crippen molar-refractivity contribution in [2.75, 3.05) is 59.0 Å². The van der Waals surface area contributed by atoms with Gasteiger partial charge in [-0.05, 0) is 284 Å². The second-order valence-electron chi connectivity index (χ2n) is 27.0. The number of anilines is 4. The van der Waals surface area contributed by atoms with Gasteiger partial charge in [0.25, 0.3) is 11.8 Å². The largest absolute Gasteiger partial charge is 0.478 e. The lowest BCUT2D eigenvalue weighted by molar-refractivity contribution is 0.0691. The second kappa shape index (κ2) is 31.1. The molecule has 2 aliphatic carbocycles. The fourth-order valence-corrected chi connectivity index (χ4v) is 16.9. The fourth-order valence-electron chi connectivity index (χ4n) is 10.2. The normalized spacial score (nSPS) is 15.8. The van der Waals surface area contributed by atoms with Crippen LogP contribution in [0.25, 0.3) is 0 Å². The van der Waals surface area contributed by atoms with Crippen LogP contribution in [0.15, 0.2) is 142 Å². The molecule has 2 saturated carbocycles. The van der Waals surface area contributed by atoms with Gasteiger partial charge in [-0.15, -0.1) is 0 Å². The third-order valence-corrected chi connectivity index (χ3v) is 23.2. The summed E-state index contributed by atoms with van der Waals surface area (Å²) in [5.41, 5.74) is 8.17. The molecule has 91 heavy (non-hydrogen) atoms. The third kappa shape index (κ3) is 24.1. The smallest absolute Gasteiger partial charge is 0.338 e. The summed E-state index contributed by atoms with van der Waals surface area (Å²) >= 11 is 6.15. The Labute approximate surface area is 577 Å². The molecule has 2 amide bonds. The molecule has 6 aromatic carbocycles. The topological polar surface area (TPSA) is 251 Å². The summed E-state index contributed by atoms with van der Waals surface area (Å²) in [6, 6.07) is 32.9. The Morgan fingerprint density at radius 3 is 1.35 bits per heavy atom. The number of nitrogens with zero attached hydrogens (tertiary/aromatic N) is 1. The summed E-state index contributed by atoms with van der Waals surface area (Å²) in [6.45, 7) is 21.1. The van der Waals surface area contributed by atoms with Gasteiger partial charge in [-0.1, -0.05) is 59.7 Å². The van der Waals surface area contributed by atoms with Crippen molar-refractivity contribution in [2.24, 2.45) is 21.7 Å². The highest BCUT2D eigenvalue weighted by atomic mass is 127. The first kappa shape index (κ1) is 75.2. The average Bonchev–Trinajstić information content (AvgIpc) is 1.95. The molecular weight excluding hydrogens is 1560 g/mol. The number of benzene rings is 6. The zero-order chi connectivity index (χ0) is 67.5. The summed E-state index contributed by atoms with van der Waals surface area (Å²) in [7, 11) is -10.4. The van der Waals surface area contributed by atoms with Crippen LogP contribution in [-0.2, 0) is 29.7 Å². The van der Waals surface area contributed by atoms with Gasteiger partial charge < -0.3 is 31.7 Å². The predicted molar refractivity (Wildman–Crippen MR) is 384 cm³/mol. The molecule has 2 spiro atoms. The van der Waals surface area contributed by atoms with Crippen molar-refractivity contribution < 1.29 is 53.5 Å². The zero-order valence-electron chi connectivity index (χ0n) is 52.8. The molecule has 0 atom stereocenters. The number of aromatic carboxylic acids is 1. The SMILES string of the molecule is C1CC2(CCN1)CC2.CC(C)(C)CS(=O)(=O)c1cccc(NC(=O)c2ccc(I)cc2F)c1.CC(C)(C)CS(=O)(=O)c1cccc(NC(=O)c2ccc(I)cc2N2CCC3(CC2)CC3)c1.CC(C)(C)NS(=O)(=O)c1cccc(N)c1.O=C(O)c1ccc(I)cc1F. The number of sulfone groups is 2. The van der Waals surface area contributed by atoms with Crippen molar-refractivity contribution in [3.8, 4) is 0 Å². The molecule has 0 bridgehead atoms. The van der Waals surface area contributed by atoms with Gasteiger partial charge in [0, 0.05) is 46.4 Å². The molecule has 7 N–H and O–H groups in total. The minimum Gasteiger partial charge on any atom is -0.478 e. The van der Waals surface area contributed by atoms with E-state index in [2.05, 4.69) is 54.2 Å². The molecule has 4 aliphatic rings. The standard InChI is InChI=1S/C25H31IN2O3S.C18H19FINO3S.C10H16N2O2S.C7H4FIO2.C7H13N/c1-24(2,3)17-32(30,31)20-6-4-5-19(16-20)27-23(29)21-8-7-18(26)15-22(21)28-13-11-25(9-10-25)12-14-28;1-18(2,3)11-25(23,24)14-6-4-5-13(10-14)21-17(22)15-8-7-12(20)9-16(15)19;1-10(2,3)12-15(13,14)9-6-4-5-8(11)7-9;8-6-3-4(9)1-2-5(6)7(10)11;1-2-7(1)3-5-8-6-4-7/h4-8,15-16H,9-14,17H2,1-3H3,(H,27,29);4-10H,11H2,1-3H3,(H,21,22);4-7,12H,11H2,1-3H3;1-3H,(H,10,11);8H,1-6H2. The monoisotopic (exact) mass is 1650 g/mol. The van der Waals surface area contributed by atoms with Crippen LogP contribution < -0.4 is 31.3 Å². The molecule has 10 rings (SSSR count). The number of carboxylic acid groups (broad SMARTS) is 1. The van der Waals surface area contributed by atoms with E-state index >= 15 is 0 Å². The first-order chi connectivity index (χ1) is 42.2. The van der Waals surface area contributed by atoms with Crippen LogP contribution in [0.3, 0.4) is 0 Å². The lowest BCUT2D eigenvalue weighted by atomic mass is 9.93. The molecule has 4 fully saturated rings. The molecule has 0 radical (unpaired) electrons. The summed E-state index contributed by atoms with van der Waals surface area (Å²) in [4.78, 5) is 38.6. The Bertz CT molecular complexity index is 3920. The maximum Gasteiger partial charge on any atom is 0.338 e. The first-order valence-corrected chi connectivity index (χ1v) is 37.8. The number of rotatable bonds is 12. The first-order valence-electron chi connectivity index (χ1n) is 29.7. The van der Waals surface area contributed by atoms with Crippen molar-refractivity contribution >= 4 is 138 Å². The summed E-state index contributed by atoms with van der Waals surface area (Å²) in [6.07, 6.45) is 11.0. The Morgan fingerprint density at radius 2 is 0.945 bits per heavy atom. The molecule has 0 aromatic heterocycles. The van der Waals surface area contributed by atoms with Gasteiger partial charge >= 0.3 is 5.97 Å². The number of sulfonamides is 1. The number of nitrogens with one attached hydrogen (secondary N) is 4. The molecule has 24 heteroatoms. The van der Waals surface area contributed by atoms with E-state index in [0.29, 0.717) is 35.2 Å². The molecule has 2 saturated heterocycles. The number of nitrogen functional groups attached to an aromatic ring is 1. The lowest BCUT2D eigenvalue weighted by Gasteiger charge is -2.35. The van der Waals surface area contributed by atoms with E-state index in [4.69, 9.17) is 10.8 Å². The minimum absolute atomic E-state index is 0.0108. The van der Waals surface area contributed by atoms with Gasteiger partial charge in [-0.2, -0.15) is 0 Å². The van der Waals surface area contributed by atoms with Crippen LogP contribution in [0.2, 0.25) is 0 Å². The number of carbonyl (C=O) groups excluding carboxylic acids is 2. The van der Waals surface area contributed by atoms with E-state index in [1.807, 2.05) is 98.9 Å². The maximum atomic E-state index is 13.9. The summed E-state index contributed by atoms with van der Waals surface area (Å²) in [5, 5.41) is 17.3. The summed E-state index contributed by atoms with van der Waals surface area (Å²) in [5.74, 6) is -3.35. The highest BCUT2D eigenvalue weighted by Gasteiger charge is 2.45. The number of carboxylic acids is 1. The van der Waals surface area contributed by atoms with Crippen LogP contribution in [0.4, 0.5) is 31.5 Å². The third-order valence-electron chi connectivity index (χ3n) is 15.0. The van der Waals surface area contributed by atoms with Gasteiger partial charge in [-0.25, -0.2) is 43.6 Å². The minimum atomic E-state index is -3.48. The van der Waals surface area contributed by atoms with Crippen LogP contribution >= 0.6 is 67.8 Å². The zero-order valence-corrected chi connectivity index (χ0v) is 61.7. The summed E-state index contributed by atoms with van der Waals surface area (Å²) < 4.78 is 106. The van der Waals surface area contributed by atoms with E-state index in [-0.39, 0.29) is 54.1 Å². The number of halogens is 5. The van der Waals surface area contributed by atoms with E-state index < -0.39 is 58.7 Å². The molecule has 6 aromatic rings. The van der Waals surface area contributed by atoms with Crippen molar-refractivity contribution in [1.29, 1.82) is 0 Å². The quantitative estimate of drug-likeness (QED) is 0.0493. The van der Waals surface area contributed by atoms with E-state index in [1.165, 1.54) is 113 Å². The highest BCUT2D eigenvalue weighted by Crippen LogP contribution is 2.54. The second-order valence-corrected chi connectivity index (χ2v) is 36.4. The molecule has 494 valence electrons. The van der Waals surface area contributed by atoms with Gasteiger partial charge in [0.05, 0.1) is 48.6 Å². The predicted octanol–water partition coefficient (Wildman–Crippen LogP) is 14.9. The van der Waals surface area contributed by atoms with Crippen LogP contribution in [0.1, 0.15) is 145 Å². The number of nitrogens with two attached hydrogens (primary N) is 1. The molecule has 16 nitrogen and oxygen atoms in total. The Kier molecular flexibility index (Phi) is 25.7. The van der Waals surface area contributed by atoms with Crippen molar-refractivity contribution in [2.45, 2.75) is 134 Å². The number of amides is 2. The molecule has 2 aliphatic heterocycles. The fraction of sp³-hybridized carbons (Fsp3) is 0.418. The van der Waals surface area contributed by atoms with Crippen molar-refractivity contribution in [3.63, 3.8) is 0 Å². The van der Waals surface area contributed by atoms with E-state index in [1.54, 1.807) is 81.4 Å². The number of hydrogen-bond donors (Lipinski definition) is 6. The average molecular weight is 1650 g/mol. The Morgan fingerprint density at radius 1 is 0.538 bits per heavy atom. The van der Waals surface area contributed by atoms with Crippen molar-refractivity contribution in [3.05, 3.63) is 166 Å². The lowest BCUT2D eigenvalue weighted by Crippen LogP contribution is -2.40. The maximum absolute atomic E-state index is 13.9. The molecule has 0 unspecified atom stereocenters. The van der Waals surface area contributed by atoms with Crippen LogP contribution in [0, 0.1) is 44.0 Å². The van der Waals surface area contributed by atoms with E-state index in [0.717, 1.165) is 27.8 Å². The van der Waals surface area contributed by atoms with Crippen molar-refractivity contribution in [1.82, 2.24) is 10.0 Å². The van der Waals surface area contributed by atoms with Gasteiger partial charge in [0.1, 0.15) is 11.6 Å². The van der Waals surface area contributed by atoms with Gasteiger partial charge in [0.15, 0.2) is 19.7 Å². The molecular formula is C67H83F2I3N6O10S3. The van der Waals surface area contributed by atoms with Crippen LogP contribution in [0.5, 0.6) is 0 Å². The highest BCUT2D eigenvalue weighted by molar-refractivity contribution is 14.1. The Balaban J connectivity index is 0.000000196. The van der Waals surface area contributed by atoms with E-state index in [9.17, 15) is 48.4 Å².